The Balaban J connectivity index is 2.07. The first kappa shape index (κ1) is 14.6. The molecule has 0 heterocycles. The van der Waals surface area contributed by atoms with Gasteiger partial charge in [0.2, 0.25) is 0 Å². The number of benzene rings is 2. The van der Waals surface area contributed by atoms with Gasteiger partial charge < -0.3 is 5.73 Å². The number of fused-ring (bicyclic) bond motifs is 1. The predicted octanol–water partition coefficient (Wildman–Crippen LogP) is 5.26. The lowest BCUT2D eigenvalue weighted by Crippen LogP contribution is -2.11. The standard InChI is InChI=1S/C18H17Cl2N/c19-17-8-6-13(11-18(17)20)15-7-5-12(9-10-21)14-3-1-2-4-16(14)15/h1-4,6,8-9,11,15H,5,7,10,21H2. The minimum absolute atomic E-state index is 0.367. The van der Waals surface area contributed by atoms with Crippen LogP contribution in [0.2, 0.25) is 10.0 Å². The van der Waals surface area contributed by atoms with E-state index in [1.54, 1.807) is 0 Å². The number of rotatable bonds is 2. The summed E-state index contributed by atoms with van der Waals surface area (Å²) in [6, 6.07) is 14.5. The van der Waals surface area contributed by atoms with E-state index < -0.39 is 0 Å². The molecule has 0 saturated carbocycles. The van der Waals surface area contributed by atoms with E-state index in [1.807, 2.05) is 12.1 Å². The lowest BCUT2D eigenvalue weighted by Gasteiger charge is -2.28. The number of hydrogen-bond donors (Lipinski definition) is 1. The van der Waals surface area contributed by atoms with E-state index in [2.05, 4.69) is 36.4 Å². The van der Waals surface area contributed by atoms with Crippen molar-refractivity contribution in [1.29, 1.82) is 0 Å². The Morgan fingerprint density at radius 1 is 1.10 bits per heavy atom. The summed E-state index contributed by atoms with van der Waals surface area (Å²) in [5.74, 6) is 0.367. The highest BCUT2D eigenvalue weighted by molar-refractivity contribution is 6.42. The molecule has 0 spiro atoms. The third-order valence-electron chi connectivity index (χ3n) is 4.09. The van der Waals surface area contributed by atoms with Gasteiger partial charge in [0.25, 0.3) is 0 Å². The van der Waals surface area contributed by atoms with Gasteiger partial charge in [-0.2, -0.15) is 0 Å². The summed E-state index contributed by atoms with van der Waals surface area (Å²) >= 11 is 12.2. The highest BCUT2D eigenvalue weighted by Gasteiger charge is 2.24. The van der Waals surface area contributed by atoms with Crippen molar-refractivity contribution in [1.82, 2.24) is 0 Å². The monoisotopic (exact) mass is 317 g/mol. The van der Waals surface area contributed by atoms with Crippen molar-refractivity contribution in [2.75, 3.05) is 6.54 Å². The van der Waals surface area contributed by atoms with E-state index in [4.69, 9.17) is 28.9 Å². The molecular weight excluding hydrogens is 301 g/mol. The first-order chi connectivity index (χ1) is 10.2. The molecule has 3 heteroatoms. The van der Waals surface area contributed by atoms with Crippen molar-refractivity contribution in [2.45, 2.75) is 18.8 Å². The number of hydrogen-bond acceptors (Lipinski definition) is 1. The molecule has 1 aliphatic carbocycles. The molecule has 0 aliphatic heterocycles. The fourth-order valence-corrected chi connectivity index (χ4v) is 3.42. The van der Waals surface area contributed by atoms with E-state index in [0.29, 0.717) is 22.5 Å². The zero-order valence-corrected chi connectivity index (χ0v) is 13.2. The molecule has 1 nitrogen and oxygen atoms in total. The highest BCUT2D eigenvalue weighted by Crippen LogP contribution is 2.42. The molecule has 2 N–H and O–H groups in total. The fraction of sp³-hybridized carbons (Fsp3) is 0.222. The summed E-state index contributed by atoms with van der Waals surface area (Å²) in [6.45, 7) is 0.584. The van der Waals surface area contributed by atoms with Gasteiger partial charge in [-0.15, -0.1) is 0 Å². The Bertz CT molecular complexity index is 691. The number of allylic oxidation sites excluding steroid dienone is 1. The van der Waals surface area contributed by atoms with Gasteiger partial charge in [0.1, 0.15) is 0 Å². The third kappa shape index (κ3) is 2.87. The summed E-state index contributed by atoms with van der Waals surface area (Å²) < 4.78 is 0. The van der Waals surface area contributed by atoms with Crippen LogP contribution in [-0.2, 0) is 0 Å². The molecule has 0 fully saturated rings. The van der Waals surface area contributed by atoms with Crippen LogP contribution in [0.5, 0.6) is 0 Å². The van der Waals surface area contributed by atoms with Crippen LogP contribution < -0.4 is 5.73 Å². The van der Waals surface area contributed by atoms with E-state index in [0.717, 1.165) is 12.8 Å². The van der Waals surface area contributed by atoms with Crippen LogP contribution in [0.25, 0.3) is 5.57 Å². The molecule has 1 atom stereocenters. The van der Waals surface area contributed by atoms with Crippen LogP contribution in [0.3, 0.4) is 0 Å². The quantitative estimate of drug-likeness (QED) is 0.803. The molecule has 1 unspecified atom stereocenters. The fourth-order valence-electron chi connectivity index (χ4n) is 3.11. The van der Waals surface area contributed by atoms with Gasteiger partial charge in [-0.1, -0.05) is 59.6 Å². The maximum Gasteiger partial charge on any atom is 0.0595 e. The maximum absolute atomic E-state index is 6.18. The minimum Gasteiger partial charge on any atom is -0.327 e. The molecule has 108 valence electrons. The van der Waals surface area contributed by atoms with Gasteiger partial charge in [-0.05, 0) is 47.2 Å². The molecule has 0 saturated heterocycles. The second-order valence-electron chi connectivity index (χ2n) is 5.32. The van der Waals surface area contributed by atoms with Gasteiger partial charge in [0.15, 0.2) is 0 Å². The Morgan fingerprint density at radius 2 is 1.90 bits per heavy atom. The van der Waals surface area contributed by atoms with Gasteiger partial charge >= 0.3 is 0 Å². The average molecular weight is 318 g/mol. The molecule has 0 aromatic heterocycles. The van der Waals surface area contributed by atoms with Crippen LogP contribution in [-0.4, -0.2) is 6.54 Å². The van der Waals surface area contributed by atoms with Crippen molar-refractivity contribution in [2.24, 2.45) is 5.73 Å². The van der Waals surface area contributed by atoms with Crippen molar-refractivity contribution in [3.63, 3.8) is 0 Å². The van der Waals surface area contributed by atoms with Crippen molar-refractivity contribution in [3.8, 4) is 0 Å². The lowest BCUT2D eigenvalue weighted by molar-refractivity contribution is 0.710. The SMILES string of the molecule is NCC=C1CCC(c2ccc(Cl)c(Cl)c2)c2ccccc21. The van der Waals surface area contributed by atoms with Crippen LogP contribution >= 0.6 is 23.2 Å². The minimum atomic E-state index is 0.367. The van der Waals surface area contributed by atoms with Crippen LogP contribution in [0, 0.1) is 0 Å². The normalized spacial score (nSPS) is 19.6. The summed E-state index contributed by atoms with van der Waals surface area (Å²) in [6.07, 6.45) is 4.24. The zero-order chi connectivity index (χ0) is 14.8. The molecule has 1 aliphatic rings. The van der Waals surface area contributed by atoms with E-state index in [-0.39, 0.29) is 0 Å². The second kappa shape index (κ2) is 6.23. The van der Waals surface area contributed by atoms with Gasteiger partial charge in [-0.25, -0.2) is 0 Å². The predicted molar refractivity (Wildman–Crippen MR) is 91.0 cm³/mol. The summed E-state index contributed by atoms with van der Waals surface area (Å²) in [7, 11) is 0. The molecular formula is C18H17Cl2N. The van der Waals surface area contributed by atoms with E-state index in [1.165, 1.54) is 22.3 Å². The van der Waals surface area contributed by atoms with Crippen LogP contribution in [0.15, 0.2) is 48.5 Å². The second-order valence-corrected chi connectivity index (χ2v) is 6.13. The lowest BCUT2D eigenvalue weighted by atomic mass is 9.76. The van der Waals surface area contributed by atoms with E-state index >= 15 is 0 Å². The molecule has 2 aromatic rings. The summed E-state index contributed by atoms with van der Waals surface area (Å²) in [5, 5.41) is 1.23. The Morgan fingerprint density at radius 3 is 2.67 bits per heavy atom. The zero-order valence-electron chi connectivity index (χ0n) is 11.7. The number of nitrogens with two attached hydrogens (primary N) is 1. The molecule has 0 amide bonds. The van der Waals surface area contributed by atoms with Crippen molar-refractivity contribution < 1.29 is 0 Å². The highest BCUT2D eigenvalue weighted by atomic mass is 35.5. The smallest absolute Gasteiger partial charge is 0.0595 e. The van der Waals surface area contributed by atoms with Crippen LogP contribution in [0.1, 0.15) is 35.4 Å². The summed E-state index contributed by atoms with van der Waals surface area (Å²) in [4.78, 5) is 0. The largest absolute Gasteiger partial charge is 0.327 e. The Hall–Kier alpha value is -1.28. The van der Waals surface area contributed by atoms with Crippen molar-refractivity contribution in [3.05, 3.63) is 75.3 Å². The molecule has 3 rings (SSSR count). The summed E-state index contributed by atoms with van der Waals surface area (Å²) in [5.41, 5.74) is 10.9. The number of halogens is 2. The third-order valence-corrected chi connectivity index (χ3v) is 4.83. The first-order valence-electron chi connectivity index (χ1n) is 7.14. The molecule has 0 bridgehead atoms. The van der Waals surface area contributed by atoms with Gasteiger partial charge in [0.05, 0.1) is 10.0 Å². The van der Waals surface area contributed by atoms with Crippen LogP contribution in [0.4, 0.5) is 0 Å². The Kier molecular flexibility index (Phi) is 4.34. The molecule has 0 radical (unpaired) electrons. The topological polar surface area (TPSA) is 26.0 Å². The van der Waals surface area contributed by atoms with Gasteiger partial charge in [-0.3, -0.25) is 0 Å². The molecule has 2 aromatic carbocycles. The molecule has 21 heavy (non-hydrogen) atoms. The maximum atomic E-state index is 6.18. The van der Waals surface area contributed by atoms with E-state index in [9.17, 15) is 0 Å². The van der Waals surface area contributed by atoms with Crippen molar-refractivity contribution >= 4 is 28.8 Å². The Labute approximate surface area is 135 Å². The first-order valence-corrected chi connectivity index (χ1v) is 7.89. The van der Waals surface area contributed by atoms with Gasteiger partial charge in [0, 0.05) is 12.5 Å². The average Bonchev–Trinajstić information content (AvgIpc) is 2.51.